The molecular weight excluding hydrogens is 643 g/mol. The molecule has 252 valence electrons. The molecule has 0 radical (unpaired) electrons. The van der Waals surface area contributed by atoms with Crippen molar-refractivity contribution in [3.05, 3.63) is 168 Å². The van der Waals surface area contributed by atoms with Crippen LogP contribution in [-0.4, -0.2) is 15.4 Å². The molecule has 2 aromatic heterocycles. The van der Waals surface area contributed by atoms with Gasteiger partial charge >= 0.3 is 0 Å². The summed E-state index contributed by atoms with van der Waals surface area (Å²) in [4.78, 5) is 7.79. The maximum atomic E-state index is 5.13. The number of para-hydroxylation sites is 2. The van der Waals surface area contributed by atoms with E-state index in [1.165, 1.54) is 82.8 Å². The van der Waals surface area contributed by atoms with Crippen molar-refractivity contribution in [3.63, 3.8) is 0 Å². The first-order chi connectivity index (χ1) is 26.1. The van der Waals surface area contributed by atoms with Gasteiger partial charge < -0.3 is 4.90 Å². The van der Waals surface area contributed by atoms with E-state index in [0.717, 1.165) is 29.5 Å². The van der Waals surface area contributed by atoms with Crippen LogP contribution < -0.4 is 4.90 Å². The van der Waals surface area contributed by atoms with Gasteiger partial charge in [0, 0.05) is 33.2 Å². The molecule has 0 saturated carbocycles. The maximum Gasteiger partial charge on any atom is 0.146 e. The van der Waals surface area contributed by atoms with E-state index in [1.807, 2.05) is 0 Å². The average Bonchev–Trinajstić information content (AvgIpc) is 3.84. The number of fused-ring (bicyclic) bond motifs is 16. The van der Waals surface area contributed by atoms with Crippen LogP contribution in [0.5, 0.6) is 0 Å². The minimum absolute atomic E-state index is 0.0423. The predicted molar refractivity (Wildman–Crippen MR) is 222 cm³/mol. The SMILES string of the molecule is CC1(C)c2ccccc2-c2ccc(-c3cc4c(c5ccccc35)N(c3ccc5c(c3)c3ccccc3c3nc6ccccc6n53)C3C=CCCC43)cc21. The molecule has 0 amide bonds. The highest BCUT2D eigenvalue weighted by atomic mass is 15.2. The summed E-state index contributed by atoms with van der Waals surface area (Å²) in [6.45, 7) is 4.76. The first kappa shape index (κ1) is 29.4. The Kier molecular flexibility index (Phi) is 5.80. The molecule has 53 heavy (non-hydrogen) atoms. The van der Waals surface area contributed by atoms with Crippen molar-refractivity contribution < 1.29 is 0 Å². The number of allylic oxidation sites excluding steroid dienone is 1. The van der Waals surface area contributed by atoms with Gasteiger partial charge in [0.1, 0.15) is 5.65 Å². The highest BCUT2D eigenvalue weighted by Crippen LogP contribution is 2.55. The van der Waals surface area contributed by atoms with Crippen molar-refractivity contribution in [1.82, 2.24) is 9.38 Å². The summed E-state index contributed by atoms with van der Waals surface area (Å²) in [6, 6.07) is 52.5. The molecule has 9 aromatic rings. The Bertz CT molecular complexity index is 3070. The van der Waals surface area contributed by atoms with E-state index < -0.39 is 0 Å². The van der Waals surface area contributed by atoms with Crippen molar-refractivity contribution in [2.45, 2.75) is 44.1 Å². The highest BCUT2D eigenvalue weighted by Gasteiger charge is 2.41. The van der Waals surface area contributed by atoms with Crippen LogP contribution in [-0.2, 0) is 5.41 Å². The average molecular weight is 680 g/mol. The lowest BCUT2D eigenvalue weighted by Crippen LogP contribution is -2.29. The Hall–Kier alpha value is -6.19. The number of aromatic nitrogens is 2. The number of hydrogen-bond donors (Lipinski definition) is 0. The third-order valence-electron chi connectivity index (χ3n) is 12.8. The van der Waals surface area contributed by atoms with Gasteiger partial charge in [-0.15, -0.1) is 0 Å². The zero-order chi connectivity index (χ0) is 35.0. The minimum atomic E-state index is -0.0423. The number of rotatable bonds is 2. The zero-order valence-electron chi connectivity index (χ0n) is 29.8. The van der Waals surface area contributed by atoms with Crippen LogP contribution in [0, 0.1) is 0 Å². The molecule has 0 N–H and O–H groups in total. The normalized spacial score (nSPS) is 18.3. The van der Waals surface area contributed by atoms with Crippen LogP contribution in [0.15, 0.2) is 152 Å². The second-order valence-electron chi connectivity index (χ2n) is 15.8. The van der Waals surface area contributed by atoms with E-state index in [9.17, 15) is 0 Å². The Morgan fingerprint density at radius 3 is 2.26 bits per heavy atom. The molecule has 12 rings (SSSR count). The number of nitrogens with zero attached hydrogens (tertiary/aromatic N) is 3. The molecule has 3 aliphatic rings. The van der Waals surface area contributed by atoms with Crippen LogP contribution in [0.3, 0.4) is 0 Å². The molecule has 2 atom stereocenters. The number of imidazole rings is 1. The van der Waals surface area contributed by atoms with Gasteiger partial charge in [-0.3, -0.25) is 4.40 Å². The fourth-order valence-corrected chi connectivity index (χ4v) is 10.4. The van der Waals surface area contributed by atoms with Gasteiger partial charge in [-0.25, -0.2) is 4.98 Å². The quantitative estimate of drug-likeness (QED) is 0.134. The van der Waals surface area contributed by atoms with Gasteiger partial charge in [-0.2, -0.15) is 0 Å². The lowest BCUT2D eigenvalue weighted by molar-refractivity contribution is 0.573. The summed E-state index contributed by atoms with van der Waals surface area (Å²) < 4.78 is 2.36. The van der Waals surface area contributed by atoms with Gasteiger partial charge in [0.2, 0.25) is 0 Å². The Morgan fingerprint density at radius 1 is 0.604 bits per heavy atom. The van der Waals surface area contributed by atoms with E-state index in [-0.39, 0.29) is 11.5 Å². The van der Waals surface area contributed by atoms with Gasteiger partial charge in [-0.05, 0) is 105 Å². The van der Waals surface area contributed by atoms with E-state index in [0.29, 0.717) is 5.92 Å². The smallest absolute Gasteiger partial charge is 0.146 e. The van der Waals surface area contributed by atoms with E-state index in [2.05, 4.69) is 175 Å². The standard InChI is InChI=1S/C50H37N3/c1-50(2)42-19-9-7-15-34(42)35-25-23-30(27-43(35)50)39-29-41-36-16-8-11-21-45(36)52(48(41)37-17-5-3-13-32(37)39)31-24-26-46-40(28-31)33-14-4-6-18-38(33)49-51-44-20-10-12-22-47(44)53(46)49/h3-7,9-15,17-29,36,45H,8,16H2,1-2H3. The third-order valence-corrected chi connectivity index (χ3v) is 12.8. The van der Waals surface area contributed by atoms with Gasteiger partial charge in [-0.1, -0.05) is 123 Å². The van der Waals surface area contributed by atoms with Crippen molar-refractivity contribution in [1.29, 1.82) is 0 Å². The van der Waals surface area contributed by atoms with Crippen LogP contribution in [0.25, 0.3) is 71.4 Å². The zero-order valence-corrected chi connectivity index (χ0v) is 29.8. The van der Waals surface area contributed by atoms with Gasteiger partial charge in [0.15, 0.2) is 0 Å². The van der Waals surface area contributed by atoms with Crippen molar-refractivity contribution in [3.8, 4) is 22.3 Å². The lowest BCUT2D eigenvalue weighted by Gasteiger charge is -2.31. The molecule has 3 heterocycles. The molecule has 1 aliphatic heterocycles. The molecule has 2 unspecified atom stereocenters. The van der Waals surface area contributed by atoms with Crippen LogP contribution in [0.4, 0.5) is 11.4 Å². The fraction of sp³-hybridized carbons (Fsp3) is 0.140. The van der Waals surface area contributed by atoms with Gasteiger partial charge in [0.25, 0.3) is 0 Å². The summed E-state index contributed by atoms with van der Waals surface area (Å²) in [6.07, 6.45) is 7.14. The minimum Gasteiger partial charge on any atom is -0.333 e. The molecule has 0 saturated heterocycles. The lowest BCUT2D eigenvalue weighted by atomic mass is 9.80. The van der Waals surface area contributed by atoms with Crippen molar-refractivity contribution in [2.75, 3.05) is 4.90 Å². The number of hydrogen-bond acceptors (Lipinski definition) is 2. The van der Waals surface area contributed by atoms with Gasteiger partial charge in [0.05, 0.1) is 28.3 Å². The summed E-state index contributed by atoms with van der Waals surface area (Å²) in [7, 11) is 0. The molecule has 0 spiro atoms. The maximum absolute atomic E-state index is 5.13. The number of anilines is 2. The Morgan fingerprint density at radius 2 is 1.36 bits per heavy atom. The second kappa shape index (κ2) is 10.5. The van der Waals surface area contributed by atoms with Crippen LogP contribution in [0.1, 0.15) is 49.3 Å². The van der Waals surface area contributed by atoms with E-state index in [1.54, 1.807) is 0 Å². The first-order valence-electron chi connectivity index (χ1n) is 19.0. The second-order valence-corrected chi connectivity index (χ2v) is 15.8. The monoisotopic (exact) mass is 679 g/mol. The summed E-state index contributed by atoms with van der Waals surface area (Å²) in [5, 5.41) is 6.31. The first-order valence-corrected chi connectivity index (χ1v) is 19.0. The molecule has 7 aromatic carbocycles. The molecule has 0 bridgehead atoms. The highest BCUT2D eigenvalue weighted by molar-refractivity contribution is 6.15. The number of benzene rings is 7. The predicted octanol–water partition coefficient (Wildman–Crippen LogP) is 12.9. The summed E-state index contributed by atoms with van der Waals surface area (Å²) >= 11 is 0. The molecule has 0 fully saturated rings. The summed E-state index contributed by atoms with van der Waals surface area (Å²) in [5.41, 5.74) is 16.6. The molecular formula is C50H37N3. The Labute approximate surface area is 308 Å². The summed E-state index contributed by atoms with van der Waals surface area (Å²) in [5.74, 6) is 0.418. The topological polar surface area (TPSA) is 20.5 Å². The van der Waals surface area contributed by atoms with Crippen LogP contribution >= 0.6 is 0 Å². The van der Waals surface area contributed by atoms with E-state index in [4.69, 9.17) is 4.98 Å². The Balaban J connectivity index is 1.09. The number of pyridine rings is 1. The van der Waals surface area contributed by atoms with Crippen molar-refractivity contribution in [2.24, 2.45) is 0 Å². The molecule has 3 nitrogen and oxygen atoms in total. The molecule has 3 heteroatoms. The fourth-order valence-electron chi connectivity index (χ4n) is 10.4. The van der Waals surface area contributed by atoms with Crippen molar-refractivity contribution >= 4 is 60.5 Å². The largest absolute Gasteiger partial charge is 0.333 e. The van der Waals surface area contributed by atoms with E-state index >= 15 is 0 Å². The van der Waals surface area contributed by atoms with Crippen LogP contribution in [0.2, 0.25) is 0 Å². The molecule has 2 aliphatic carbocycles. The third kappa shape index (κ3) is 3.87.